The molecular weight excluding hydrogens is 685 g/mol. The Balaban J connectivity index is 1.17. The molecule has 56 heavy (non-hydrogen) atoms. The van der Waals surface area contributed by atoms with Crippen molar-refractivity contribution in [1.29, 1.82) is 0 Å². The van der Waals surface area contributed by atoms with E-state index in [9.17, 15) is 0 Å². The first-order valence-electron chi connectivity index (χ1n) is 18.8. The molecule has 0 saturated heterocycles. The Kier molecular flexibility index (Phi) is 7.42. The van der Waals surface area contributed by atoms with E-state index in [1.807, 2.05) is 72.8 Å². The molecule has 262 valence electrons. The van der Waals surface area contributed by atoms with Crippen LogP contribution in [-0.2, 0) is 0 Å². The molecule has 11 rings (SSSR count). The highest BCUT2D eigenvalue weighted by Crippen LogP contribution is 2.42. The lowest BCUT2D eigenvalue weighted by atomic mass is 9.95. The lowest BCUT2D eigenvalue weighted by Crippen LogP contribution is -2.00. The van der Waals surface area contributed by atoms with Crippen LogP contribution in [0.4, 0.5) is 0 Å². The van der Waals surface area contributed by atoms with Gasteiger partial charge in [0.05, 0.1) is 11.0 Å². The second-order valence-corrected chi connectivity index (χ2v) is 14.0. The molecular formula is C51H32N4O. The predicted molar refractivity (Wildman–Crippen MR) is 229 cm³/mol. The normalized spacial score (nSPS) is 11.6. The second kappa shape index (κ2) is 13.0. The van der Waals surface area contributed by atoms with E-state index in [1.54, 1.807) is 0 Å². The number of hydrogen-bond acceptors (Lipinski definition) is 4. The fraction of sp³-hybridized carbons (Fsp3) is 0. The van der Waals surface area contributed by atoms with E-state index < -0.39 is 0 Å². The summed E-state index contributed by atoms with van der Waals surface area (Å²) >= 11 is 0. The van der Waals surface area contributed by atoms with Crippen LogP contribution in [0, 0.1) is 0 Å². The summed E-state index contributed by atoms with van der Waals surface area (Å²) in [5.41, 5.74) is 12.2. The fourth-order valence-corrected chi connectivity index (χ4v) is 8.00. The highest BCUT2D eigenvalue weighted by molar-refractivity contribution is 6.16. The summed E-state index contributed by atoms with van der Waals surface area (Å²) in [7, 11) is 0. The minimum Gasteiger partial charge on any atom is -0.456 e. The van der Waals surface area contributed by atoms with E-state index >= 15 is 0 Å². The summed E-state index contributed by atoms with van der Waals surface area (Å²) < 4.78 is 8.99. The van der Waals surface area contributed by atoms with Gasteiger partial charge in [0.2, 0.25) is 0 Å². The van der Waals surface area contributed by atoms with E-state index in [0.29, 0.717) is 17.5 Å². The summed E-state index contributed by atoms with van der Waals surface area (Å²) in [6.45, 7) is 0. The first kappa shape index (κ1) is 31.9. The molecule has 0 saturated carbocycles. The lowest BCUT2D eigenvalue weighted by Gasteiger charge is -2.12. The summed E-state index contributed by atoms with van der Waals surface area (Å²) in [5.74, 6) is 1.81. The van der Waals surface area contributed by atoms with Gasteiger partial charge in [0.25, 0.3) is 0 Å². The molecule has 0 aliphatic rings. The number of benzene rings is 8. The summed E-state index contributed by atoms with van der Waals surface area (Å²) in [6, 6.07) is 67.5. The van der Waals surface area contributed by atoms with E-state index in [0.717, 1.165) is 66.5 Å². The van der Waals surface area contributed by atoms with Gasteiger partial charge < -0.3 is 8.98 Å². The molecule has 5 nitrogen and oxygen atoms in total. The van der Waals surface area contributed by atoms with Crippen molar-refractivity contribution < 1.29 is 4.42 Å². The van der Waals surface area contributed by atoms with Crippen LogP contribution in [0.5, 0.6) is 0 Å². The van der Waals surface area contributed by atoms with Crippen molar-refractivity contribution in [2.45, 2.75) is 0 Å². The zero-order valence-electron chi connectivity index (χ0n) is 30.2. The molecule has 0 fully saturated rings. The van der Waals surface area contributed by atoms with Gasteiger partial charge in [0.1, 0.15) is 11.2 Å². The molecule has 0 radical (unpaired) electrons. The van der Waals surface area contributed by atoms with E-state index in [4.69, 9.17) is 19.4 Å². The first-order valence-corrected chi connectivity index (χ1v) is 18.8. The van der Waals surface area contributed by atoms with Crippen molar-refractivity contribution >= 4 is 43.7 Å². The number of hydrogen-bond donors (Lipinski definition) is 0. The molecule has 8 aromatic carbocycles. The van der Waals surface area contributed by atoms with Crippen LogP contribution in [0.3, 0.4) is 0 Å². The van der Waals surface area contributed by atoms with E-state index in [-0.39, 0.29) is 0 Å². The summed E-state index contributed by atoms with van der Waals surface area (Å²) in [5, 5.41) is 4.51. The van der Waals surface area contributed by atoms with Crippen LogP contribution in [0.1, 0.15) is 0 Å². The molecule has 3 heterocycles. The molecule has 0 N–H and O–H groups in total. The Morgan fingerprint density at radius 3 is 1.59 bits per heavy atom. The molecule has 0 amide bonds. The van der Waals surface area contributed by atoms with Gasteiger partial charge in [-0.05, 0) is 70.8 Å². The van der Waals surface area contributed by atoms with Gasteiger partial charge in [0, 0.05) is 43.9 Å². The second-order valence-electron chi connectivity index (χ2n) is 14.0. The van der Waals surface area contributed by atoms with Gasteiger partial charge in [-0.2, -0.15) is 0 Å². The Labute approximate surface area is 322 Å². The average molecular weight is 717 g/mol. The first-order chi connectivity index (χ1) is 27.7. The monoisotopic (exact) mass is 716 g/mol. The number of fused-ring (bicyclic) bond motifs is 6. The number of para-hydroxylation sites is 2. The van der Waals surface area contributed by atoms with Crippen molar-refractivity contribution in [1.82, 2.24) is 19.5 Å². The molecule has 0 aliphatic carbocycles. The Morgan fingerprint density at radius 1 is 0.339 bits per heavy atom. The summed E-state index contributed by atoms with van der Waals surface area (Å²) in [4.78, 5) is 15.1. The minimum atomic E-state index is 0.578. The number of aromatic nitrogens is 4. The third-order valence-corrected chi connectivity index (χ3v) is 10.6. The molecule has 3 aromatic heterocycles. The van der Waals surface area contributed by atoms with Crippen molar-refractivity contribution in [3.63, 3.8) is 0 Å². The van der Waals surface area contributed by atoms with Gasteiger partial charge in [-0.15, -0.1) is 0 Å². The minimum absolute atomic E-state index is 0.578. The highest BCUT2D eigenvalue weighted by atomic mass is 16.3. The molecule has 0 unspecified atom stereocenters. The Bertz CT molecular complexity index is 3170. The van der Waals surface area contributed by atoms with E-state index in [2.05, 4.69) is 126 Å². The number of furan rings is 1. The van der Waals surface area contributed by atoms with Crippen molar-refractivity contribution in [3.05, 3.63) is 194 Å². The zero-order valence-corrected chi connectivity index (χ0v) is 30.2. The molecule has 0 aliphatic heterocycles. The van der Waals surface area contributed by atoms with Crippen molar-refractivity contribution in [3.8, 4) is 62.1 Å². The highest BCUT2D eigenvalue weighted by Gasteiger charge is 2.20. The fourth-order valence-electron chi connectivity index (χ4n) is 8.00. The van der Waals surface area contributed by atoms with E-state index in [1.165, 1.54) is 21.9 Å². The van der Waals surface area contributed by atoms with Crippen LogP contribution in [0.25, 0.3) is 106 Å². The third-order valence-electron chi connectivity index (χ3n) is 10.6. The largest absolute Gasteiger partial charge is 0.456 e. The number of nitrogens with zero attached hydrogens (tertiary/aromatic N) is 4. The topological polar surface area (TPSA) is 56.7 Å². The Hall–Kier alpha value is -7.63. The summed E-state index contributed by atoms with van der Waals surface area (Å²) in [6.07, 6.45) is 0. The van der Waals surface area contributed by atoms with Crippen molar-refractivity contribution in [2.24, 2.45) is 0 Å². The zero-order chi connectivity index (χ0) is 37.0. The molecule has 5 heteroatoms. The third kappa shape index (κ3) is 5.37. The lowest BCUT2D eigenvalue weighted by molar-refractivity contribution is 0.669. The van der Waals surface area contributed by atoms with Gasteiger partial charge in [-0.1, -0.05) is 146 Å². The van der Waals surface area contributed by atoms with Crippen molar-refractivity contribution in [2.75, 3.05) is 0 Å². The maximum Gasteiger partial charge on any atom is 0.164 e. The smallest absolute Gasteiger partial charge is 0.164 e. The van der Waals surface area contributed by atoms with Gasteiger partial charge >= 0.3 is 0 Å². The van der Waals surface area contributed by atoms with Crippen LogP contribution in [0.2, 0.25) is 0 Å². The van der Waals surface area contributed by atoms with Gasteiger partial charge in [-0.3, -0.25) is 0 Å². The maximum absolute atomic E-state index is 6.61. The van der Waals surface area contributed by atoms with Crippen LogP contribution >= 0.6 is 0 Å². The maximum atomic E-state index is 6.61. The van der Waals surface area contributed by atoms with Crippen LogP contribution < -0.4 is 0 Å². The Morgan fingerprint density at radius 2 is 0.911 bits per heavy atom. The molecule has 0 atom stereocenters. The quantitative estimate of drug-likeness (QED) is 0.172. The standard InChI is InChI=1S/C51H32N4O/c1-5-15-33(16-6-1)36-26-28-44-43(29-36)40-27-25-37(31-45(40)55(44)39-21-11-4-12-22-39)42-30-38(32-47-48(42)41-23-13-14-24-46(41)56-47)51-53-49(34-17-7-2-8-18-34)52-50(54-51)35-19-9-3-10-20-35/h1-32H. The number of rotatable bonds is 6. The predicted octanol–water partition coefficient (Wildman–Crippen LogP) is 13.2. The van der Waals surface area contributed by atoms with Gasteiger partial charge in [0.15, 0.2) is 17.5 Å². The molecule has 11 aromatic rings. The molecule has 0 bridgehead atoms. The van der Waals surface area contributed by atoms with Crippen LogP contribution in [-0.4, -0.2) is 19.5 Å². The van der Waals surface area contributed by atoms with Gasteiger partial charge in [-0.25, -0.2) is 15.0 Å². The SMILES string of the molecule is c1ccc(-c2ccc3c(c2)c2ccc(-c4cc(-c5nc(-c6ccccc6)nc(-c6ccccc6)n5)cc5oc6ccccc6c45)cc2n3-c2ccccc2)cc1. The average Bonchev–Trinajstić information content (AvgIpc) is 3.82. The molecule has 0 spiro atoms. The van der Waals surface area contributed by atoms with Crippen LogP contribution in [0.15, 0.2) is 199 Å².